The van der Waals surface area contributed by atoms with E-state index < -0.39 is 25.8 Å². The van der Waals surface area contributed by atoms with Crippen LogP contribution in [0, 0.1) is 13.8 Å². The minimum Gasteiger partial charge on any atom is -0.287 e. The van der Waals surface area contributed by atoms with Crippen LogP contribution in [-0.2, 0) is 20.0 Å². The Morgan fingerprint density at radius 3 is 1.72 bits per heavy atom. The molecule has 0 saturated heterocycles. The van der Waals surface area contributed by atoms with E-state index in [-0.39, 0.29) is 32.5 Å². The third kappa shape index (κ3) is 5.06. The fraction of sp³-hybridized carbons (Fsp3) is 0.0667. The fourth-order valence-corrected chi connectivity index (χ4v) is 6.70. The van der Waals surface area contributed by atoms with Gasteiger partial charge in [0.25, 0.3) is 20.0 Å². The molecule has 1 aliphatic carbocycles. The molecule has 0 heterocycles. The Morgan fingerprint density at radius 2 is 1.13 bits per heavy atom. The summed E-state index contributed by atoms with van der Waals surface area (Å²) in [5.74, 6) is -0.572. The van der Waals surface area contributed by atoms with Crippen LogP contribution < -0.4 is 4.31 Å². The number of carbonyl (C=O) groups excluding carboxylic acids is 1. The predicted octanol–water partition coefficient (Wildman–Crippen LogP) is 5.46. The molecule has 0 spiro atoms. The Labute approximate surface area is 227 Å². The lowest BCUT2D eigenvalue weighted by Gasteiger charge is -2.29. The van der Waals surface area contributed by atoms with Crippen molar-refractivity contribution >= 4 is 37.2 Å². The summed E-state index contributed by atoms with van der Waals surface area (Å²) in [6.45, 7) is 3.68. The van der Waals surface area contributed by atoms with Gasteiger partial charge in [-0.1, -0.05) is 77.9 Å². The van der Waals surface area contributed by atoms with Gasteiger partial charge in [-0.2, -0.15) is 12.8 Å². The molecule has 0 aromatic heterocycles. The zero-order chi connectivity index (χ0) is 27.8. The summed E-state index contributed by atoms with van der Waals surface area (Å²) in [5, 5.41) is 0. The molecule has 4 aromatic carbocycles. The first-order chi connectivity index (χ1) is 18.6. The fourth-order valence-electron chi connectivity index (χ4n) is 4.22. The minimum atomic E-state index is -4.29. The third-order valence-electron chi connectivity index (χ3n) is 6.26. The van der Waals surface area contributed by atoms with Crippen molar-refractivity contribution in [1.82, 2.24) is 0 Å². The molecule has 1 aliphatic rings. The molecular formula is C30H24N2O5S2. The van der Waals surface area contributed by atoms with E-state index in [4.69, 9.17) is 0 Å². The minimum absolute atomic E-state index is 0.0166. The van der Waals surface area contributed by atoms with Gasteiger partial charge in [-0.05, 0) is 56.3 Å². The van der Waals surface area contributed by atoms with Crippen LogP contribution in [0.3, 0.4) is 0 Å². The van der Waals surface area contributed by atoms with Crippen molar-refractivity contribution in [2.24, 2.45) is 4.40 Å². The number of para-hydroxylation sites is 1. The van der Waals surface area contributed by atoms with Crippen molar-refractivity contribution in [2.45, 2.75) is 23.6 Å². The molecule has 0 atom stereocenters. The van der Waals surface area contributed by atoms with Gasteiger partial charge < -0.3 is 0 Å². The van der Waals surface area contributed by atoms with Crippen molar-refractivity contribution in [2.75, 3.05) is 4.31 Å². The van der Waals surface area contributed by atoms with Crippen LogP contribution in [0.1, 0.15) is 27.0 Å². The van der Waals surface area contributed by atoms with E-state index in [1.807, 2.05) is 13.8 Å². The van der Waals surface area contributed by atoms with E-state index in [9.17, 15) is 21.6 Å². The number of hydrogen-bond acceptors (Lipinski definition) is 5. The maximum Gasteiger partial charge on any atom is 0.282 e. The van der Waals surface area contributed by atoms with Crippen molar-refractivity contribution in [3.63, 3.8) is 0 Å². The molecule has 0 N–H and O–H groups in total. The molecule has 4 aromatic rings. The largest absolute Gasteiger partial charge is 0.287 e. The molecule has 0 bridgehead atoms. The van der Waals surface area contributed by atoms with E-state index >= 15 is 0 Å². The molecule has 0 aliphatic heterocycles. The summed E-state index contributed by atoms with van der Waals surface area (Å²) in [6, 6.07) is 27.1. The van der Waals surface area contributed by atoms with Gasteiger partial charge in [0.15, 0.2) is 0 Å². The quantitative estimate of drug-likeness (QED) is 0.314. The Balaban J connectivity index is 1.75. The van der Waals surface area contributed by atoms with E-state index in [0.29, 0.717) is 5.56 Å². The molecule has 7 nitrogen and oxygen atoms in total. The lowest BCUT2D eigenvalue weighted by atomic mass is 9.92. The van der Waals surface area contributed by atoms with Crippen molar-refractivity contribution in [1.29, 1.82) is 0 Å². The monoisotopic (exact) mass is 556 g/mol. The molecule has 9 heteroatoms. The van der Waals surface area contributed by atoms with E-state index in [1.165, 1.54) is 36.4 Å². The second kappa shape index (κ2) is 10.1. The van der Waals surface area contributed by atoms with Gasteiger partial charge in [-0.15, -0.1) is 0 Å². The van der Waals surface area contributed by atoms with Crippen LogP contribution in [0.5, 0.6) is 0 Å². The number of sulfonamides is 2. The first kappa shape index (κ1) is 26.3. The Kier molecular flexibility index (Phi) is 6.80. The zero-order valence-corrected chi connectivity index (χ0v) is 22.8. The van der Waals surface area contributed by atoms with Gasteiger partial charge in [0.2, 0.25) is 5.78 Å². The average Bonchev–Trinajstić information content (AvgIpc) is 2.92. The van der Waals surface area contributed by atoms with Crippen LogP contribution in [0.25, 0.3) is 0 Å². The highest BCUT2D eigenvalue weighted by Crippen LogP contribution is 2.33. The standard InChI is InChI=1S/C30H24N2O5S2/c1-21-12-16-24(17-13-21)38(34,35)31-28-20-29(30(33)27-11-7-6-10-26(27)28)32(23-8-4-3-5-9-23)39(36,37)25-18-14-22(2)15-19-25/h3-20H,1-2H3. The van der Waals surface area contributed by atoms with Crippen LogP contribution in [0.2, 0.25) is 0 Å². The summed E-state index contributed by atoms with van der Waals surface area (Å²) in [6.07, 6.45) is 1.23. The molecule has 0 amide bonds. The van der Waals surface area contributed by atoms with E-state index in [1.54, 1.807) is 72.8 Å². The number of aryl methyl sites for hydroxylation is 2. The maximum absolute atomic E-state index is 14.0. The van der Waals surface area contributed by atoms with E-state index in [0.717, 1.165) is 15.4 Å². The van der Waals surface area contributed by atoms with Gasteiger partial charge in [0.1, 0.15) is 5.70 Å². The van der Waals surface area contributed by atoms with Crippen LogP contribution in [-0.4, -0.2) is 28.3 Å². The summed E-state index contributed by atoms with van der Waals surface area (Å²) in [5.41, 5.74) is 2.14. The zero-order valence-electron chi connectivity index (χ0n) is 21.1. The number of anilines is 1. The third-order valence-corrected chi connectivity index (χ3v) is 9.32. The average molecular weight is 557 g/mol. The van der Waals surface area contributed by atoms with Crippen LogP contribution >= 0.6 is 0 Å². The number of rotatable bonds is 6. The predicted molar refractivity (Wildman–Crippen MR) is 151 cm³/mol. The Morgan fingerprint density at radius 1 is 0.615 bits per heavy atom. The lowest BCUT2D eigenvalue weighted by molar-refractivity contribution is 0.103. The number of carbonyl (C=O) groups is 1. The number of benzene rings is 4. The maximum atomic E-state index is 14.0. The van der Waals surface area contributed by atoms with Crippen LogP contribution in [0.4, 0.5) is 5.69 Å². The second-order valence-electron chi connectivity index (χ2n) is 9.09. The van der Waals surface area contributed by atoms with Gasteiger partial charge in [0, 0.05) is 11.1 Å². The topological polar surface area (TPSA) is 101 Å². The first-order valence-corrected chi connectivity index (χ1v) is 14.9. The second-order valence-corrected chi connectivity index (χ2v) is 12.5. The Hall–Kier alpha value is -4.34. The number of ketones is 1. The lowest BCUT2D eigenvalue weighted by Crippen LogP contribution is -2.36. The molecule has 0 radical (unpaired) electrons. The van der Waals surface area contributed by atoms with Crippen molar-refractivity contribution in [3.05, 3.63) is 137 Å². The normalized spacial score (nSPS) is 14.6. The Bertz CT molecular complexity index is 1840. The smallest absolute Gasteiger partial charge is 0.282 e. The number of nitrogens with zero attached hydrogens (tertiary/aromatic N) is 2. The molecule has 0 unspecified atom stereocenters. The molecule has 0 saturated carbocycles. The highest BCUT2D eigenvalue weighted by Gasteiger charge is 2.36. The molecule has 39 heavy (non-hydrogen) atoms. The molecule has 0 fully saturated rings. The SMILES string of the molecule is Cc1ccc(S(=O)(=O)N=C2C=C(N(c3ccccc3)S(=O)(=O)c3ccc(C)cc3)C(=O)c3ccccc32)cc1. The summed E-state index contributed by atoms with van der Waals surface area (Å²) < 4.78 is 59.6. The van der Waals surface area contributed by atoms with Gasteiger partial charge in [0.05, 0.1) is 21.2 Å². The summed E-state index contributed by atoms with van der Waals surface area (Å²) >= 11 is 0. The highest BCUT2D eigenvalue weighted by atomic mass is 32.2. The molecule has 5 rings (SSSR count). The summed E-state index contributed by atoms with van der Waals surface area (Å²) in [7, 11) is -8.47. The van der Waals surface area contributed by atoms with Crippen molar-refractivity contribution in [3.8, 4) is 0 Å². The van der Waals surface area contributed by atoms with Gasteiger partial charge in [-0.3, -0.25) is 4.79 Å². The number of allylic oxidation sites excluding steroid dienone is 2. The first-order valence-electron chi connectivity index (χ1n) is 12.0. The van der Waals surface area contributed by atoms with E-state index in [2.05, 4.69) is 4.40 Å². The van der Waals surface area contributed by atoms with Gasteiger partial charge >= 0.3 is 0 Å². The highest BCUT2D eigenvalue weighted by molar-refractivity contribution is 7.93. The van der Waals surface area contributed by atoms with Crippen LogP contribution in [0.15, 0.2) is 129 Å². The number of hydrogen-bond donors (Lipinski definition) is 0. The molecular weight excluding hydrogens is 532 g/mol. The van der Waals surface area contributed by atoms with Crippen molar-refractivity contribution < 1.29 is 21.6 Å². The number of Topliss-reactive ketones (excluding diaryl/α,β-unsaturated/α-hetero) is 1. The summed E-state index contributed by atoms with van der Waals surface area (Å²) in [4.78, 5) is 13.8. The van der Waals surface area contributed by atoms with Gasteiger partial charge in [-0.25, -0.2) is 12.7 Å². The number of fused-ring (bicyclic) bond motifs is 1. The molecule has 196 valence electrons.